The number of carbonyl (C=O) groups excluding carboxylic acids is 2. The van der Waals surface area contributed by atoms with Crippen LogP contribution in [0.3, 0.4) is 0 Å². The zero-order valence-corrected chi connectivity index (χ0v) is 16.8. The topological polar surface area (TPSA) is 116 Å². The highest BCUT2D eigenvalue weighted by atomic mass is 32.1. The molecule has 2 amide bonds. The number of benzene rings is 1. The molecule has 0 radical (unpaired) electrons. The maximum Gasteiger partial charge on any atom is 0.255 e. The van der Waals surface area contributed by atoms with Gasteiger partial charge in [-0.15, -0.1) is 0 Å². The fourth-order valence-corrected chi connectivity index (χ4v) is 4.64. The Kier molecular flexibility index (Phi) is 5.54. The second-order valence-corrected chi connectivity index (χ2v) is 7.79. The lowest BCUT2D eigenvalue weighted by molar-refractivity contribution is -0.120. The molecular formula is C19H22N4O5S. The van der Waals surface area contributed by atoms with Gasteiger partial charge in [0.25, 0.3) is 5.91 Å². The highest BCUT2D eigenvalue weighted by Gasteiger charge is 2.32. The summed E-state index contributed by atoms with van der Waals surface area (Å²) in [5.41, 5.74) is 6.08. The van der Waals surface area contributed by atoms with Crippen LogP contribution >= 0.6 is 11.3 Å². The molecule has 1 aromatic carbocycles. The molecule has 1 saturated heterocycles. The van der Waals surface area contributed by atoms with E-state index in [1.165, 1.54) is 7.11 Å². The molecule has 3 heterocycles. The Morgan fingerprint density at radius 1 is 1.38 bits per heavy atom. The third kappa shape index (κ3) is 4.13. The average molecular weight is 418 g/mol. The SMILES string of the molecule is COc1ccc([C@H]2CC(=O)Nc3nc(N4CCOCC4)sc32)cc1OCC(N)=O. The number of nitrogens with two attached hydrogens (primary N) is 1. The van der Waals surface area contributed by atoms with Crippen molar-refractivity contribution in [1.82, 2.24) is 4.98 Å². The summed E-state index contributed by atoms with van der Waals surface area (Å²) >= 11 is 1.58. The Hall–Kier alpha value is -2.85. The largest absolute Gasteiger partial charge is 0.493 e. The van der Waals surface area contributed by atoms with Gasteiger partial charge in [-0.3, -0.25) is 9.59 Å². The van der Waals surface area contributed by atoms with Gasteiger partial charge in [0.15, 0.2) is 23.2 Å². The molecular weight excluding hydrogens is 396 g/mol. The molecule has 4 rings (SSSR count). The molecule has 10 heteroatoms. The zero-order valence-electron chi connectivity index (χ0n) is 16.0. The van der Waals surface area contributed by atoms with E-state index in [9.17, 15) is 9.59 Å². The van der Waals surface area contributed by atoms with Crippen LogP contribution in [0.5, 0.6) is 11.5 Å². The first kappa shape index (κ1) is 19.5. The summed E-state index contributed by atoms with van der Waals surface area (Å²) in [6, 6.07) is 5.46. The number of carbonyl (C=O) groups is 2. The second-order valence-electron chi connectivity index (χ2n) is 6.78. The van der Waals surface area contributed by atoms with E-state index in [0.717, 1.165) is 28.7 Å². The van der Waals surface area contributed by atoms with Gasteiger partial charge in [0, 0.05) is 25.4 Å². The summed E-state index contributed by atoms with van der Waals surface area (Å²) in [6.45, 7) is 2.63. The number of ether oxygens (including phenoxy) is 3. The summed E-state index contributed by atoms with van der Waals surface area (Å²) in [5, 5.41) is 3.76. The monoisotopic (exact) mass is 418 g/mol. The van der Waals surface area contributed by atoms with Crippen LogP contribution in [0, 0.1) is 0 Å². The molecule has 0 bridgehead atoms. The Morgan fingerprint density at radius 3 is 2.90 bits per heavy atom. The Morgan fingerprint density at radius 2 is 2.17 bits per heavy atom. The lowest BCUT2D eigenvalue weighted by atomic mass is 9.91. The van der Waals surface area contributed by atoms with Crippen molar-refractivity contribution < 1.29 is 23.8 Å². The van der Waals surface area contributed by atoms with Gasteiger partial charge in [-0.05, 0) is 17.7 Å². The molecule has 2 aliphatic heterocycles. The van der Waals surface area contributed by atoms with Crippen molar-refractivity contribution >= 4 is 34.1 Å². The number of anilines is 2. The molecule has 0 unspecified atom stereocenters. The van der Waals surface area contributed by atoms with Crippen LogP contribution in [0.25, 0.3) is 0 Å². The third-order valence-corrected chi connectivity index (χ3v) is 6.08. The van der Waals surface area contributed by atoms with Gasteiger partial charge < -0.3 is 30.2 Å². The van der Waals surface area contributed by atoms with Gasteiger partial charge in [0.2, 0.25) is 5.91 Å². The van der Waals surface area contributed by atoms with Crippen molar-refractivity contribution in [2.45, 2.75) is 12.3 Å². The van der Waals surface area contributed by atoms with Crippen molar-refractivity contribution in [2.24, 2.45) is 5.73 Å². The van der Waals surface area contributed by atoms with Crippen molar-refractivity contribution in [1.29, 1.82) is 0 Å². The minimum absolute atomic E-state index is 0.0863. The van der Waals surface area contributed by atoms with Gasteiger partial charge in [-0.2, -0.15) is 0 Å². The lowest BCUT2D eigenvalue weighted by Crippen LogP contribution is -2.36. The van der Waals surface area contributed by atoms with Crippen molar-refractivity contribution in [3.63, 3.8) is 0 Å². The number of nitrogens with one attached hydrogen (secondary N) is 1. The van der Waals surface area contributed by atoms with Crippen LogP contribution in [0.2, 0.25) is 0 Å². The molecule has 1 fully saturated rings. The molecule has 2 aromatic rings. The van der Waals surface area contributed by atoms with Crippen LogP contribution in [0.1, 0.15) is 22.8 Å². The number of morpholine rings is 1. The third-order valence-electron chi connectivity index (χ3n) is 4.85. The number of nitrogens with zero attached hydrogens (tertiary/aromatic N) is 2. The molecule has 1 aromatic heterocycles. The zero-order chi connectivity index (χ0) is 20.4. The predicted octanol–water partition coefficient (Wildman–Crippen LogP) is 1.33. The molecule has 3 N–H and O–H groups in total. The van der Waals surface area contributed by atoms with E-state index < -0.39 is 5.91 Å². The van der Waals surface area contributed by atoms with Crippen LogP contribution in [-0.4, -0.2) is 56.8 Å². The summed E-state index contributed by atoms with van der Waals surface area (Å²) < 4.78 is 16.2. The standard InChI is InChI=1S/C19H22N4O5S/c1-26-13-3-2-11(8-14(13)28-10-15(20)24)12-9-16(25)21-18-17(12)29-19(22-18)23-4-6-27-7-5-23/h2-3,8,12H,4-7,9-10H2,1H3,(H2,20,24)(H,21,25)/t12-/m1/s1. The van der Waals surface area contributed by atoms with Gasteiger partial charge in [0.05, 0.1) is 25.2 Å². The molecule has 154 valence electrons. The van der Waals surface area contributed by atoms with Crippen LogP contribution in [-0.2, 0) is 14.3 Å². The normalized spacial score (nSPS) is 18.7. The fraction of sp³-hybridized carbons (Fsp3) is 0.421. The van der Waals surface area contributed by atoms with Crippen molar-refractivity contribution in [3.05, 3.63) is 28.6 Å². The summed E-state index contributed by atoms with van der Waals surface area (Å²) in [4.78, 5) is 31.2. The number of amides is 2. The van der Waals surface area contributed by atoms with Crippen LogP contribution in [0.15, 0.2) is 18.2 Å². The number of fused-ring (bicyclic) bond motifs is 1. The minimum atomic E-state index is -0.575. The number of primary amides is 1. The van der Waals surface area contributed by atoms with E-state index in [-0.39, 0.29) is 18.4 Å². The first-order valence-electron chi connectivity index (χ1n) is 9.27. The first-order valence-corrected chi connectivity index (χ1v) is 10.1. The smallest absolute Gasteiger partial charge is 0.255 e. The highest BCUT2D eigenvalue weighted by Crippen LogP contribution is 2.44. The number of methoxy groups -OCH3 is 1. The molecule has 1 atom stereocenters. The van der Waals surface area contributed by atoms with Gasteiger partial charge in [0.1, 0.15) is 5.82 Å². The summed E-state index contributed by atoms with van der Waals surface area (Å²) in [7, 11) is 1.52. The predicted molar refractivity (Wildman–Crippen MR) is 108 cm³/mol. The Balaban J connectivity index is 1.67. The maximum atomic E-state index is 12.3. The summed E-state index contributed by atoms with van der Waals surface area (Å²) in [5.74, 6) is 0.690. The molecule has 0 spiro atoms. The van der Waals surface area contributed by atoms with E-state index in [1.807, 2.05) is 6.07 Å². The Labute approximate surface area is 171 Å². The summed E-state index contributed by atoms with van der Waals surface area (Å²) in [6.07, 6.45) is 0.305. The minimum Gasteiger partial charge on any atom is -0.493 e. The van der Waals surface area contributed by atoms with E-state index in [2.05, 4.69) is 15.2 Å². The molecule has 0 saturated carbocycles. The van der Waals surface area contributed by atoms with Crippen LogP contribution < -0.4 is 25.4 Å². The van der Waals surface area contributed by atoms with Gasteiger partial charge in [-0.1, -0.05) is 17.4 Å². The lowest BCUT2D eigenvalue weighted by Gasteiger charge is -2.26. The van der Waals surface area contributed by atoms with E-state index in [1.54, 1.807) is 23.5 Å². The molecule has 9 nitrogen and oxygen atoms in total. The van der Waals surface area contributed by atoms with Crippen molar-refractivity contribution in [3.8, 4) is 11.5 Å². The van der Waals surface area contributed by atoms with E-state index in [4.69, 9.17) is 19.9 Å². The van der Waals surface area contributed by atoms with Crippen molar-refractivity contribution in [2.75, 3.05) is 50.2 Å². The number of hydrogen-bond donors (Lipinski definition) is 2. The van der Waals surface area contributed by atoms with Gasteiger partial charge in [-0.25, -0.2) is 4.98 Å². The average Bonchev–Trinajstić information content (AvgIpc) is 3.16. The van der Waals surface area contributed by atoms with E-state index in [0.29, 0.717) is 37.0 Å². The molecule has 2 aliphatic rings. The van der Waals surface area contributed by atoms with Gasteiger partial charge >= 0.3 is 0 Å². The number of hydrogen-bond acceptors (Lipinski definition) is 8. The Bertz CT molecular complexity index is 925. The fourth-order valence-electron chi connectivity index (χ4n) is 3.44. The van der Waals surface area contributed by atoms with Crippen LogP contribution in [0.4, 0.5) is 10.9 Å². The second kappa shape index (κ2) is 8.26. The first-order chi connectivity index (χ1) is 14.0. The maximum absolute atomic E-state index is 12.3. The quantitative estimate of drug-likeness (QED) is 0.727. The molecule has 0 aliphatic carbocycles. The number of thiazole rings is 1. The highest BCUT2D eigenvalue weighted by molar-refractivity contribution is 7.16. The number of rotatable bonds is 6. The van der Waals surface area contributed by atoms with E-state index >= 15 is 0 Å². The molecule has 29 heavy (non-hydrogen) atoms. The number of aromatic nitrogens is 1.